The maximum atomic E-state index is 13.0. The molecule has 3 aromatic heterocycles. The number of carbonyl (C=O) groups is 1. The molecule has 1 N–H and O–H groups in total. The van der Waals surface area contributed by atoms with Crippen molar-refractivity contribution in [2.24, 2.45) is 0 Å². The second-order valence-corrected chi connectivity index (χ2v) is 7.59. The number of aromatic nitrogens is 3. The number of halogens is 2. The van der Waals surface area contributed by atoms with Crippen LogP contribution < -0.4 is 5.56 Å². The van der Waals surface area contributed by atoms with E-state index in [-0.39, 0.29) is 5.56 Å². The van der Waals surface area contributed by atoms with E-state index in [1.807, 2.05) is 6.07 Å². The van der Waals surface area contributed by atoms with Gasteiger partial charge < -0.3 is 4.98 Å². The van der Waals surface area contributed by atoms with E-state index in [0.29, 0.717) is 32.7 Å². The Morgan fingerprint density at radius 3 is 2.76 bits per heavy atom. The van der Waals surface area contributed by atoms with Crippen molar-refractivity contribution in [3.8, 4) is 11.1 Å². The number of ketones is 1. The molecule has 0 spiro atoms. The second-order valence-electron chi connectivity index (χ2n) is 6.24. The minimum atomic E-state index is -0.481. The number of allylic oxidation sites excluding steroid dienone is 1. The van der Waals surface area contributed by atoms with Gasteiger partial charge in [-0.3, -0.25) is 19.6 Å². The standard InChI is InChI=1S/C22H13BrClN3O2/c23-14-9-13(11-25-12-14)20-17-10-15(24)4-6-18(17)27-22(29)21(20)19(28)7-5-16-3-1-2-8-26-16/h1-12H,(H,27,29)/b7-5+. The molecule has 0 aliphatic heterocycles. The van der Waals surface area contributed by atoms with E-state index < -0.39 is 11.3 Å². The SMILES string of the molecule is O=C(/C=C/c1ccccn1)c1c(-c2cncc(Br)c2)c2cc(Cl)ccc2[nH]c1=O. The number of aromatic amines is 1. The Kier molecular flexibility index (Phi) is 5.38. The summed E-state index contributed by atoms with van der Waals surface area (Å²) in [4.78, 5) is 37.0. The zero-order chi connectivity index (χ0) is 20.4. The van der Waals surface area contributed by atoms with Crippen LogP contribution in [-0.4, -0.2) is 20.7 Å². The highest BCUT2D eigenvalue weighted by atomic mass is 79.9. The van der Waals surface area contributed by atoms with Gasteiger partial charge in [-0.1, -0.05) is 17.7 Å². The molecule has 3 heterocycles. The van der Waals surface area contributed by atoms with E-state index in [4.69, 9.17) is 11.6 Å². The summed E-state index contributed by atoms with van der Waals surface area (Å²) in [7, 11) is 0. The Morgan fingerprint density at radius 2 is 2.00 bits per heavy atom. The third-order valence-electron chi connectivity index (χ3n) is 4.31. The van der Waals surface area contributed by atoms with Crippen molar-refractivity contribution in [1.29, 1.82) is 0 Å². The number of benzene rings is 1. The molecule has 0 atom stereocenters. The number of rotatable bonds is 4. The van der Waals surface area contributed by atoms with E-state index in [2.05, 4.69) is 30.9 Å². The quantitative estimate of drug-likeness (QED) is 0.327. The van der Waals surface area contributed by atoms with E-state index in [1.54, 1.807) is 61.1 Å². The van der Waals surface area contributed by atoms with Crippen LogP contribution in [0.5, 0.6) is 0 Å². The lowest BCUT2D eigenvalue weighted by Gasteiger charge is -2.12. The first kappa shape index (κ1) is 19.2. The molecule has 0 bridgehead atoms. The monoisotopic (exact) mass is 465 g/mol. The van der Waals surface area contributed by atoms with Gasteiger partial charge in [-0.15, -0.1) is 0 Å². The maximum Gasteiger partial charge on any atom is 0.260 e. The molecule has 29 heavy (non-hydrogen) atoms. The second kappa shape index (κ2) is 8.11. The summed E-state index contributed by atoms with van der Waals surface area (Å²) >= 11 is 9.60. The fourth-order valence-electron chi connectivity index (χ4n) is 3.07. The first-order valence-electron chi connectivity index (χ1n) is 8.63. The molecule has 0 aliphatic rings. The Labute approximate surface area is 179 Å². The number of pyridine rings is 3. The summed E-state index contributed by atoms with van der Waals surface area (Å²) in [5, 5.41) is 1.16. The highest BCUT2D eigenvalue weighted by molar-refractivity contribution is 9.10. The smallest absolute Gasteiger partial charge is 0.260 e. The summed E-state index contributed by atoms with van der Waals surface area (Å²) in [6, 6.07) is 12.3. The molecule has 0 aliphatic carbocycles. The topological polar surface area (TPSA) is 75.7 Å². The number of hydrogen-bond acceptors (Lipinski definition) is 4. The molecule has 7 heteroatoms. The zero-order valence-electron chi connectivity index (χ0n) is 14.9. The molecule has 4 aromatic rings. The predicted octanol–water partition coefficient (Wildman–Crippen LogP) is 5.30. The van der Waals surface area contributed by atoms with Crippen LogP contribution in [0.15, 0.2) is 76.4 Å². The third-order valence-corrected chi connectivity index (χ3v) is 4.98. The van der Waals surface area contributed by atoms with Gasteiger partial charge in [-0.05, 0) is 64.5 Å². The van der Waals surface area contributed by atoms with Gasteiger partial charge in [0.25, 0.3) is 5.56 Å². The molecule has 0 fully saturated rings. The fraction of sp³-hybridized carbons (Fsp3) is 0. The lowest BCUT2D eigenvalue weighted by atomic mass is 9.95. The molecule has 1 aromatic carbocycles. The normalized spacial score (nSPS) is 11.2. The van der Waals surface area contributed by atoms with Crippen LogP contribution in [-0.2, 0) is 0 Å². The molecule has 5 nitrogen and oxygen atoms in total. The van der Waals surface area contributed by atoms with E-state index >= 15 is 0 Å². The predicted molar refractivity (Wildman–Crippen MR) is 118 cm³/mol. The zero-order valence-corrected chi connectivity index (χ0v) is 17.2. The number of nitrogens with zero attached hydrogens (tertiary/aromatic N) is 2. The minimum absolute atomic E-state index is 0.0202. The van der Waals surface area contributed by atoms with Gasteiger partial charge in [0.05, 0.1) is 11.3 Å². The number of hydrogen-bond donors (Lipinski definition) is 1. The molecule has 0 radical (unpaired) electrons. The molecule has 0 saturated heterocycles. The average molecular weight is 467 g/mol. The Hall–Kier alpha value is -3.09. The molecule has 142 valence electrons. The molecular weight excluding hydrogens is 454 g/mol. The van der Waals surface area contributed by atoms with Crippen molar-refractivity contribution in [1.82, 2.24) is 15.0 Å². The van der Waals surface area contributed by atoms with Crippen molar-refractivity contribution in [2.75, 3.05) is 0 Å². The van der Waals surface area contributed by atoms with Crippen LogP contribution in [0, 0.1) is 0 Å². The molecule has 0 amide bonds. The van der Waals surface area contributed by atoms with Crippen molar-refractivity contribution < 1.29 is 4.79 Å². The van der Waals surface area contributed by atoms with Crippen molar-refractivity contribution in [2.45, 2.75) is 0 Å². The van der Waals surface area contributed by atoms with Gasteiger partial charge in [0.1, 0.15) is 0 Å². The van der Waals surface area contributed by atoms with Crippen LogP contribution in [0.1, 0.15) is 16.1 Å². The lowest BCUT2D eigenvalue weighted by Crippen LogP contribution is -2.18. The highest BCUT2D eigenvalue weighted by Crippen LogP contribution is 2.32. The van der Waals surface area contributed by atoms with Gasteiger partial charge in [0.15, 0.2) is 5.78 Å². The van der Waals surface area contributed by atoms with Crippen LogP contribution in [0.2, 0.25) is 5.02 Å². The summed E-state index contributed by atoms with van der Waals surface area (Å²) in [6.07, 6.45) is 7.80. The van der Waals surface area contributed by atoms with Crippen molar-refractivity contribution in [3.05, 3.63) is 98.2 Å². The van der Waals surface area contributed by atoms with Gasteiger partial charge in [0, 0.05) is 50.1 Å². The van der Waals surface area contributed by atoms with E-state index in [1.165, 1.54) is 6.08 Å². The van der Waals surface area contributed by atoms with Gasteiger partial charge in [0.2, 0.25) is 0 Å². The molecule has 4 rings (SSSR count). The lowest BCUT2D eigenvalue weighted by molar-refractivity contribution is 0.104. The van der Waals surface area contributed by atoms with Crippen LogP contribution in [0.25, 0.3) is 28.1 Å². The summed E-state index contributed by atoms with van der Waals surface area (Å²) < 4.78 is 0.730. The minimum Gasteiger partial charge on any atom is -0.321 e. The summed E-state index contributed by atoms with van der Waals surface area (Å²) in [5.74, 6) is -0.436. The van der Waals surface area contributed by atoms with E-state index in [0.717, 1.165) is 4.47 Å². The Morgan fingerprint density at radius 1 is 1.14 bits per heavy atom. The maximum absolute atomic E-state index is 13.0. The number of carbonyl (C=O) groups excluding carboxylic acids is 1. The van der Waals surface area contributed by atoms with Crippen molar-refractivity contribution >= 4 is 50.3 Å². The summed E-state index contributed by atoms with van der Waals surface area (Å²) in [6.45, 7) is 0. The average Bonchev–Trinajstić information content (AvgIpc) is 2.72. The molecule has 0 saturated carbocycles. The Bertz CT molecular complexity index is 1320. The first-order chi connectivity index (χ1) is 14.0. The number of nitrogens with one attached hydrogen (secondary N) is 1. The fourth-order valence-corrected chi connectivity index (χ4v) is 3.60. The molecular formula is C22H13BrClN3O2. The third kappa shape index (κ3) is 4.04. The van der Waals surface area contributed by atoms with Gasteiger partial charge in [-0.25, -0.2) is 0 Å². The van der Waals surface area contributed by atoms with Gasteiger partial charge >= 0.3 is 0 Å². The Balaban J connectivity index is 1.96. The van der Waals surface area contributed by atoms with Crippen molar-refractivity contribution in [3.63, 3.8) is 0 Å². The number of H-pyrrole nitrogens is 1. The van der Waals surface area contributed by atoms with Crippen LogP contribution >= 0.6 is 27.5 Å². The largest absolute Gasteiger partial charge is 0.321 e. The molecule has 0 unspecified atom stereocenters. The summed E-state index contributed by atoms with van der Waals surface area (Å²) in [5.41, 5.74) is 1.85. The van der Waals surface area contributed by atoms with Crippen LogP contribution in [0.4, 0.5) is 0 Å². The van der Waals surface area contributed by atoms with Crippen LogP contribution in [0.3, 0.4) is 0 Å². The highest BCUT2D eigenvalue weighted by Gasteiger charge is 2.20. The first-order valence-corrected chi connectivity index (χ1v) is 9.80. The van der Waals surface area contributed by atoms with E-state index in [9.17, 15) is 9.59 Å². The number of fused-ring (bicyclic) bond motifs is 1. The van der Waals surface area contributed by atoms with Gasteiger partial charge in [-0.2, -0.15) is 0 Å².